The molecule has 2 rings (SSSR count). The maximum atomic E-state index is 4.36. The minimum atomic E-state index is 0.627. The zero-order chi connectivity index (χ0) is 9.97. The number of hydrogen-bond acceptors (Lipinski definition) is 3. The van der Waals surface area contributed by atoms with E-state index in [4.69, 9.17) is 0 Å². The molecule has 78 valence electrons. The molecule has 14 heavy (non-hydrogen) atoms. The Hall–Kier alpha value is -0.0900. The first kappa shape index (κ1) is 10.4. The third-order valence-electron chi connectivity index (χ3n) is 2.90. The first-order chi connectivity index (χ1) is 6.75. The van der Waals surface area contributed by atoms with E-state index >= 15 is 0 Å². The molecule has 1 heterocycles. The number of aromatic nitrogens is 1. The quantitative estimate of drug-likeness (QED) is 0.885. The highest BCUT2D eigenvalue weighted by Crippen LogP contribution is 2.28. The van der Waals surface area contributed by atoms with Gasteiger partial charge in [0.25, 0.3) is 0 Å². The molecule has 1 aromatic heterocycles. The standard InChI is InChI=1S/C10H15BrN2S/c1-7-4-2-3-5-8(7)12-10-13-9(11)6-14-10/h6-8H,2-5H2,1H3,(H,12,13). The van der Waals surface area contributed by atoms with Crippen LogP contribution in [0.4, 0.5) is 5.13 Å². The summed E-state index contributed by atoms with van der Waals surface area (Å²) in [6.07, 6.45) is 5.39. The lowest BCUT2D eigenvalue weighted by Crippen LogP contribution is -2.30. The van der Waals surface area contributed by atoms with Gasteiger partial charge in [-0.25, -0.2) is 4.98 Å². The van der Waals surface area contributed by atoms with E-state index in [-0.39, 0.29) is 0 Å². The van der Waals surface area contributed by atoms with E-state index < -0.39 is 0 Å². The van der Waals surface area contributed by atoms with Gasteiger partial charge in [0, 0.05) is 11.4 Å². The van der Waals surface area contributed by atoms with E-state index in [9.17, 15) is 0 Å². The van der Waals surface area contributed by atoms with Gasteiger partial charge in [-0.1, -0.05) is 19.8 Å². The molecule has 1 aliphatic rings. The van der Waals surface area contributed by atoms with Gasteiger partial charge in [0.05, 0.1) is 0 Å². The predicted octanol–water partition coefficient (Wildman–Crippen LogP) is 3.90. The van der Waals surface area contributed by atoms with Gasteiger partial charge in [0.15, 0.2) is 5.13 Å². The first-order valence-corrected chi connectivity index (χ1v) is 6.80. The molecular weight excluding hydrogens is 260 g/mol. The molecule has 2 nitrogen and oxygen atoms in total. The maximum absolute atomic E-state index is 4.36. The van der Waals surface area contributed by atoms with Gasteiger partial charge < -0.3 is 5.32 Å². The van der Waals surface area contributed by atoms with Gasteiger partial charge in [0.2, 0.25) is 0 Å². The van der Waals surface area contributed by atoms with Crippen LogP contribution in [0, 0.1) is 5.92 Å². The smallest absolute Gasteiger partial charge is 0.183 e. The minimum Gasteiger partial charge on any atom is -0.358 e. The average Bonchev–Trinajstić information content (AvgIpc) is 2.56. The molecule has 0 saturated heterocycles. The van der Waals surface area contributed by atoms with Crippen molar-refractivity contribution in [1.82, 2.24) is 4.98 Å². The van der Waals surface area contributed by atoms with E-state index in [1.54, 1.807) is 11.3 Å². The molecule has 2 unspecified atom stereocenters. The van der Waals surface area contributed by atoms with Gasteiger partial charge in [-0.3, -0.25) is 0 Å². The summed E-state index contributed by atoms with van der Waals surface area (Å²) >= 11 is 5.05. The Morgan fingerprint density at radius 1 is 1.50 bits per heavy atom. The largest absolute Gasteiger partial charge is 0.358 e. The molecule has 1 saturated carbocycles. The molecule has 1 fully saturated rings. The molecule has 0 bridgehead atoms. The number of thiazole rings is 1. The van der Waals surface area contributed by atoms with Crippen LogP contribution in [0.2, 0.25) is 0 Å². The average molecular weight is 275 g/mol. The maximum Gasteiger partial charge on any atom is 0.183 e. The highest BCUT2D eigenvalue weighted by atomic mass is 79.9. The van der Waals surface area contributed by atoms with Crippen molar-refractivity contribution in [3.63, 3.8) is 0 Å². The summed E-state index contributed by atoms with van der Waals surface area (Å²) in [6.45, 7) is 2.33. The number of nitrogens with one attached hydrogen (secondary N) is 1. The Morgan fingerprint density at radius 3 is 2.93 bits per heavy atom. The highest BCUT2D eigenvalue weighted by molar-refractivity contribution is 9.10. The van der Waals surface area contributed by atoms with E-state index in [1.807, 2.05) is 5.38 Å². The number of nitrogens with zero attached hydrogens (tertiary/aromatic N) is 1. The normalized spacial score (nSPS) is 27.6. The summed E-state index contributed by atoms with van der Waals surface area (Å²) in [5.74, 6) is 0.784. The highest BCUT2D eigenvalue weighted by Gasteiger charge is 2.21. The molecule has 2 atom stereocenters. The van der Waals surface area contributed by atoms with Crippen LogP contribution in [0.5, 0.6) is 0 Å². The Balaban J connectivity index is 1.95. The van der Waals surface area contributed by atoms with Crippen LogP contribution < -0.4 is 5.32 Å². The van der Waals surface area contributed by atoms with E-state index in [2.05, 4.69) is 33.2 Å². The first-order valence-electron chi connectivity index (χ1n) is 5.13. The van der Waals surface area contributed by atoms with Gasteiger partial charge in [0.1, 0.15) is 4.60 Å². The monoisotopic (exact) mass is 274 g/mol. The van der Waals surface area contributed by atoms with Crippen LogP contribution >= 0.6 is 27.3 Å². The topological polar surface area (TPSA) is 24.9 Å². The molecule has 0 aromatic carbocycles. The lowest BCUT2D eigenvalue weighted by Gasteiger charge is -2.29. The van der Waals surface area contributed by atoms with Crippen molar-refractivity contribution in [2.24, 2.45) is 5.92 Å². The summed E-state index contributed by atoms with van der Waals surface area (Å²) in [4.78, 5) is 4.36. The summed E-state index contributed by atoms with van der Waals surface area (Å²) in [7, 11) is 0. The van der Waals surface area contributed by atoms with Crippen LogP contribution in [-0.4, -0.2) is 11.0 Å². The molecule has 1 aromatic rings. The molecular formula is C10H15BrN2S. The van der Waals surface area contributed by atoms with Crippen molar-refractivity contribution < 1.29 is 0 Å². The molecule has 1 N–H and O–H groups in total. The minimum absolute atomic E-state index is 0.627. The van der Waals surface area contributed by atoms with Gasteiger partial charge in [-0.2, -0.15) is 0 Å². The SMILES string of the molecule is CC1CCCCC1Nc1nc(Br)cs1. The third kappa shape index (κ3) is 2.48. The number of halogens is 1. The number of anilines is 1. The lowest BCUT2D eigenvalue weighted by atomic mass is 9.86. The van der Waals surface area contributed by atoms with E-state index in [0.29, 0.717) is 6.04 Å². The Labute approximate surface area is 97.3 Å². The molecule has 1 aliphatic carbocycles. The van der Waals surface area contributed by atoms with Crippen molar-refractivity contribution in [1.29, 1.82) is 0 Å². The Kier molecular flexibility index (Phi) is 3.44. The van der Waals surface area contributed by atoms with E-state index in [1.165, 1.54) is 25.7 Å². The van der Waals surface area contributed by atoms with Crippen LogP contribution in [-0.2, 0) is 0 Å². The second kappa shape index (κ2) is 4.62. The number of hydrogen-bond donors (Lipinski definition) is 1. The van der Waals surface area contributed by atoms with Crippen molar-refractivity contribution in [2.45, 2.75) is 38.6 Å². The van der Waals surface area contributed by atoms with Gasteiger partial charge >= 0.3 is 0 Å². The molecule has 0 radical (unpaired) electrons. The second-order valence-electron chi connectivity index (χ2n) is 3.99. The molecule has 0 spiro atoms. The van der Waals surface area contributed by atoms with E-state index in [0.717, 1.165) is 15.7 Å². The summed E-state index contributed by atoms with van der Waals surface area (Å²) in [5.41, 5.74) is 0. The third-order valence-corrected chi connectivity index (χ3v) is 4.38. The summed E-state index contributed by atoms with van der Waals surface area (Å²) in [6, 6.07) is 0.627. The van der Waals surface area contributed by atoms with Crippen LogP contribution in [0.3, 0.4) is 0 Å². The summed E-state index contributed by atoms with van der Waals surface area (Å²) in [5, 5.41) is 6.60. The van der Waals surface area contributed by atoms with Crippen LogP contribution in [0.1, 0.15) is 32.6 Å². The fourth-order valence-electron chi connectivity index (χ4n) is 2.01. The van der Waals surface area contributed by atoms with Crippen molar-refractivity contribution in [2.75, 3.05) is 5.32 Å². The lowest BCUT2D eigenvalue weighted by molar-refractivity contribution is 0.349. The molecule has 0 aliphatic heterocycles. The Bertz CT molecular complexity index is 300. The number of rotatable bonds is 2. The van der Waals surface area contributed by atoms with Gasteiger partial charge in [-0.15, -0.1) is 11.3 Å². The van der Waals surface area contributed by atoms with Crippen LogP contribution in [0.25, 0.3) is 0 Å². The second-order valence-corrected chi connectivity index (χ2v) is 5.66. The van der Waals surface area contributed by atoms with Crippen LogP contribution in [0.15, 0.2) is 9.98 Å². The zero-order valence-electron chi connectivity index (χ0n) is 8.29. The fraction of sp³-hybridized carbons (Fsp3) is 0.700. The van der Waals surface area contributed by atoms with Crippen molar-refractivity contribution in [3.8, 4) is 0 Å². The molecule has 0 amide bonds. The summed E-state index contributed by atoms with van der Waals surface area (Å²) < 4.78 is 0.938. The fourth-order valence-corrected chi connectivity index (χ4v) is 3.22. The zero-order valence-corrected chi connectivity index (χ0v) is 10.7. The molecule has 4 heteroatoms. The van der Waals surface area contributed by atoms with Gasteiger partial charge in [-0.05, 0) is 34.7 Å². The van der Waals surface area contributed by atoms with Crippen molar-refractivity contribution in [3.05, 3.63) is 9.98 Å². The Morgan fingerprint density at radius 2 is 2.29 bits per heavy atom. The predicted molar refractivity (Wildman–Crippen MR) is 64.9 cm³/mol. The van der Waals surface area contributed by atoms with Crippen molar-refractivity contribution >= 4 is 32.4 Å².